The van der Waals surface area contributed by atoms with Crippen LogP contribution in [0, 0.1) is 6.92 Å². The molecule has 0 N–H and O–H groups in total. The number of nitrogens with zero attached hydrogens (tertiary/aromatic N) is 2. The van der Waals surface area contributed by atoms with E-state index in [-0.39, 0.29) is 9.71 Å². The predicted molar refractivity (Wildman–Crippen MR) is 48.2 cm³/mol. The normalized spacial score (nSPS) is 12.3. The van der Waals surface area contributed by atoms with E-state index in [9.17, 15) is 18.0 Å². The molecule has 2 aromatic heterocycles. The molecular weight excluding hydrogens is 229 g/mol. The summed E-state index contributed by atoms with van der Waals surface area (Å²) in [4.78, 5) is 14.1. The average molecular weight is 234 g/mol. The molecule has 0 atom stereocenters. The van der Waals surface area contributed by atoms with E-state index >= 15 is 0 Å². The molecule has 0 aromatic carbocycles. The van der Waals surface area contributed by atoms with Crippen LogP contribution in [0.5, 0.6) is 0 Å². The number of thiazole rings is 1. The molecule has 2 heterocycles. The minimum atomic E-state index is -4.48. The fourth-order valence-corrected chi connectivity index (χ4v) is 2.32. The third kappa shape index (κ3) is 1.43. The average Bonchev–Trinajstić information content (AvgIpc) is 2.65. The van der Waals surface area contributed by atoms with Gasteiger partial charge in [-0.05, 0) is 6.92 Å². The fraction of sp³-hybridized carbons (Fsp3) is 0.250. The summed E-state index contributed by atoms with van der Waals surface area (Å²) < 4.78 is 38.6. The van der Waals surface area contributed by atoms with Crippen LogP contribution >= 0.6 is 11.3 Å². The Morgan fingerprint density at radius 3 is 2.73 bits per heavy atom. The van der Waals surface area contributed by atoms with E-state index in [4.69, 9.17) is 0 Å². The van der Waals surface area contributed by atoms with Gasteiger partial charge in [-0.1, -0.05) is 0 Å². The van der Waals surface area contributed by atoms with Gasteiger partial charge in [-0.3, -0.25) is 9.20 Å². The van der Waals surface area contributed by atoms with E-state index in [1.54, 1.807) is 6.92 Å². The van der Waals surface area contributed by atoms with Gasteiger partial charge in [-0.2, -0.15) is 13.2 Å². The number of rotatable bonds is 1. The number of hydrogen-bond acceptors (Lipinski definition) is 3. The van der Waals surface area contributed by atoms with Gasteiger partial charge in [0.15, 0.2) is 12.0 Å². The van der Waals surface area contributed by atoms with Crippen molar-refractivity contribution in [3.05, 3.63) is 22.6 Å². The topological polar surface area (TPSA) is 34.4 Å². The molecule has 0 aliphatic rings. The molecule has 3 nitrogen and oxygen atoms in total. The van der Waals surface area contributed by atoms with Crippen LogP contribution in [0.3, 0.4) is 0 Å². The minimum Gasteiger partial charge on any atom is -0.297 e. The number of alkyl halides is 3. The van der Waals surface area contributed by atoms with E-state index in [0.717, 1.165) is 17.7 Å². The van der Waals surface area contributed by atoms with Gasteiger partial charge in [0.25, 0.3) is 0 Å². The lowest BCUT2D eigenvalue weighted by Gasteiger charge is -1.99. The molecule has 15 heavy (non-hydrogen) atoms. The second-order valence-corrected chi connectivity index (χ2v) is 3.97. The SMILES string of the molecule is Cc1c(C=O)sc2c(C(F)(F)F)ncn12. The van der Waals surface area contributed by atoms with Crippen LogP contribution in [0.15, 0.2) is 6.33 Å². The van der Waals surface area contributed by atoms with Gasteiger partial charge >= 0.3 is 6.18 Å². The standard InChI is InChI=1S/C8H5F3N2OS/c1-4-5(2-14)15-7-6(8(9,10)11)12-3-13(4)7/h2-3H,1H3. The number of aryl methyl sites for hydroxylation is 1. The van der Waals surface area contributed by atoms with Gasteiger partial charge in [0.05, 0.1) is 4.88 Å². The zero-order chi connectivity index (χ0) is 11.2. The van der Waals surface area contributed by atoms with Gasteiger partial charge in [-0.15, -0.1) is 11.3 Å². The monoisotopic (exact) mass is 234 g/mol. The molecule has 0 amide bonds. The first kappa shape index (κ1) is 10.2. The Balaban J connectivity index is 2.75. The van der Waals surface area contributed by atoms with E-state index in [2.05, 4.69) is 4.98 Å². The zero-order valence-corrected chi connectivity index (χ0v) is 8.32. The second kappa shape index (κ2) is 3.06. The summed E-state index contributed by atoms with van der Waals surface area (Å²) in [6.45, 7) is 1.58. The van der Waals surface area contributed by atoms with Crippen LogP contribution in [-0.4, -0.2) is 15.7 Å². The maximum atomic E-state index is 12.4. The fourth-order valence-electron chi connectivity index (χ4n) is 1.27. The lowest BCUT2D eigenvalue weighted by molar-refractivity contribution is -0.139. The number of fused-ring (bicyclic) bond motifs is 1. The highest BCUT2D eigenvalue weighted by molar-refractivity contribution is 7.19. The quantitative estimate of drug-likeness (QED) is 0.710. The van der Waals surface area contributed by atoms with E-state index in [1.807, 2.05) is 0 Å². The molecule has 7 heteroatoms. The molecule has 0 aliphatic heterocycles. The highest BCUT2D eigenvalue weighted by Crippen LogP contribution is 2.35. The van der Waals surface area contributed by atoms with Gasteiger partial charge in [0, 0.05) is 5.69 Å². The van der Waals surface area contributed by atoms with Crippen LogP contribution in [0.2, 0.25) is 0 Å². The lowest BCUT2D eigenvalue weighted by atomic mass is 10.4. The highest BCUT2D eigenvalue weighted by atomic mass is 32.1. The summed E-state index contributed by atoms with van der Waals surface area (Å²) in [7, 11) is 0. The Morgan fingerprint density at radius 1 is 1.53 bits per heavy atom. The minimum absolute atomic E-state index is 0.0397. The van der Waals surface area contributed by atoms with Crippen molar-refractivity contribution in [3.8, 4) is 0 Å². The first-order valence-electron chi connectivity index (χ1n) is 3.94. The van der Waals surface area contributed by atoms with Crippen molar-refractivity contribution in [2.75, 3.05) is 0 Å². The molecule has 80 valence electrons. The lowest BCUT2D eigenvalue weighted by Crippen LogP contribution is -2.05. The van der Waals surface area contributed by atoms with E-state index in [1.165, 1.54) is 4.40 Å². The molecule has 0 unspecified atom stereocenters. The Labute approximate surface area is 86.2 Å². The van der Waals surface area contributed by atoms with Crippen molar-refractivity contribution in [2.24, 2.45) is 0 Å². The molecule has 0 saturated carbocycles. The number of imidazole rings is 1. The number of aldehydes is 1. The first-order chi connectivity index (χ1) is 6.95. The van der Waals surface area contributed by atoms with Crippen molar-refractivity contribution < 1.29 is 18.0 Å². The zero-order valence-electron chi connectivity index (χ0n) is 7.50. The third-order valence-corrected chi connectivity index (χ3v) is 3.22. The molecule has 0 aliphatic carbocycles. The molecule has 2 aromatic rings. The van der Waals surface area contributed by atoms with Crippen LogP contribution in [0.25, 0.3) is 4.83 Å². The Hall–Kier alpha value is -1.37. The van der Waals surface area contributed by atoms with Crippen LogP contribution in [0.1, 0.15) is 21.1 Å². The van der Waals surface area contributed by atoms with Crippen molar-refractivity contribution in [2.45, 2.75) is 13.1 Å². The maximum Gasteiger partial charge on any atom is 0.436 e. The highest BCUT2D eigenvalue weighted by Gasteiger charge is 2.36. The second-order valence-electron chi connectivity index (χ2n) is 2.94. The third-order valence-electron chi connectivity index (χ3n) is 2.02. The van der Waals surface area contributed by atoms with Crippen LogP contribution in [-0.2, 0) is 6.18 Å². The summed E-state index contributed by atoms with van der Waals surface area (Å²) in [6.07, 6.45) is -2.85. The number of hydrogen-bond donors (Lipinski definition) is 0. The molecule has 2 rings (SSSR count). The van der Waals surface area contributed by atoms with Gasteiger partial charge < -0.3 is 0 Å². The Morgan fingerprint density at radius 2 is 2.20 bits per heavy atom. The van der Waals surface area contributed by atoms with Gasteiger partial charge in [-0.25, -0.2) is 4.98 Å². The summed E-state index contributed by atoms with van der Waals surface area (Å²) >= 11 is 0.796. The number of aromatic nitrogens is 2. The summed E-state index contributed by atoms with van der Waals surface area (Å²) in [6, 6.07) is 0. The van der Waals surface area contributed by atoms with E-state index in [0.29, 0.717) is 12.0 Å². The van der Waals surface area contributed by atoms with Crippen LogP contribution < -0.4 is 0 Å². The number of carbonyl (C=O) groups is 1. The summed E-state index contributed by atoms with van der Waals surface area (Å²) in [5.74, 6) is 0. The van der Waals surface area contributed by atoms with Crippen molar-refractivity contribution >= 4 is 22.5 Å². The van der Waals surface area contributed by atoms with Crippen molar-refractivity contribution in [3.63, 3.8) is 0 Å². The molecule has 0 fully saturated rings. The molecule has 0 spiro atoms. The maximum absolute atomic E-state index is 12.4. The largest absolute Gasteiger partial charge is 0.436 e. The molecule has 0 bridgehead atoms. The number of carbonyl (C=O) groups excluding carboxylic acids is 1. The molecule has 0 saturated heterocycles. The van der Waals surface area contributed by atoms with Crippen LogP contribution in [0.4, 0.5) is 13.2 Å². The van der Waals surface area contributed by atoms with E-state index < -0.39 is 11.9 Å². The smallest absolute Gasteiger partial charge is 0.297 e. The predicted octanol–water partition coefficient (Wildman–Crippen LogP) is 2.54. The van der Waals surface area contributed by atoms with Gasteiger partial charge in [0.2, 0.25) is 0 Å². The Kier molecular flexibility index (Phi) is 2.07. The van der Waals surface area contributed by atoms with Crippen molar-refractivity contribution in [1.82, 2.24) is 9.38 Å². The molecular formula is C8H5F3N2OS. The summed E-state index contributed by atoms with van der Waals surface area (Å²) in [5.41, 5.74) is -0.461. The first-order valence-corrected chi connectivity index (χ1v) is 4.75. The summed E-state index contributed by atoms with van der Waals surface area (Å²) in [5, 5.41) is 0. The Bertz CT molecular complexity index is 526. The molecule has 0 radical (unpaired) electrons. The number of halogens is 3. The van der Waals surface area contributed by atoms with Gasteiger partial charge in [0.1, 0.15) is 11.2 Å². The van der Waals surface area contributed by atoms with Crippen molar-refractivity contribution in [1.29, 1.82) is 0 Å².